The van der Waals surface area contributed by atoms with Crippen LogP contribution in [-0.4, -0.2) is 38.0 Å². The maximum Gasteiger partial charge on any atom is 0.387 e. The molecule has 27 heavy (non-hydrogen) atoms. The first-order valence-electron chi connectivity index (χ1n) is 8.83. The molecule has 1 aromatic heterocycles. The Morgan fingerprint density at radius 3 is 2.63 bits per heavy atom. The first kappa shape index (κ1) is 19.5. The Balaban J connectivity index is 1.57. The van der Waals surface area contributed by atoms with Gasteiger partial charge in [-0.15, -0.1) is 5.10 Å². The average molecular weight is 397 g/mol. The topological polar surface area (TPSA) is 81.9 Å². The van der Waals surface area contributed by atoms with E-state index in [0.29, 0.717) is 10.8 Å². The molecular weight excluding hydrogens is 376 g/mol. The largest absolute Gasteiger partial charge is 0.435 e. The van der Waals surface area contributed by atoms with Crippen molar-refractivity contribution in [1.82, 2.24) is 20.2 Å². The Bertz CT molecular complexity index is 750. The molecule has 1 saturated carbocycles. The Morgan fingerprint density at radius 2 is 1.96 bits per heavy atom. The van der Waals surface area contributed by atoms with Crippen molar-refractivity contribution in [2.45, 2.75) is 62.1 Å². The number of hydrogen-bond acceptors (Lipinski definition) is 6. The van der Waals surface area contributed by atoms with Gasteiger partial charge >= 0.3 is 6.61 Å². The molecule has 0 radical (unpaired) electrons. The third-order valence-electron chi connectivity index (χ3n) is 4.38. The summed E-state index contributed by atoms with van der Waals surface area (Å²) in [6.07, 6.45) is 5.66. The number of nitrogens with one attached hydrogen (secondary N) is 1. The van der Waals surface area contributed by atoms with E-state index in [-0.39, 0.29) is 17.7 Å². The molecule has 0 spiro atoms. The molecule has 1 atom stereocenters. The summed E-state index contributed by atoms with van der Waals surface area (Å²) in [6.45, 7) is -1.11. The van der Waals surface area contributed by atoms with Gasteiger partial charge in [-0.1, -0.05) is 31.0 Å². The van der Waals surface area contributed by atoms with Gasteiger partial charge in [-0.25, -0.2) is 4.68 Å². The van der Waals surface area contributed by atoms with Crippen LogP contribution in [-0.2, 0) is 4.79 Å². The van der Waals surface area contributed by atoms with Crippen molar-refractivity contribution in [3.63, 3.8) is 0 Å². The molecule has 0 aliphatic heterocycles. The van der Waals surface area contributed by atoms with Crippen LogP contribution in [0.25, 0.3) is 0 Å². The average Bonchev–Trinajstić information content (AvgIpc) is 3.11. The van der Waals surface area contributed by atoms with Gasteiger partial charge in [0.1, 0.15) is 5.75 Å². The number of aromatic nitrogens is 4. The normalized spacial score (nSPS) is 16.3. The van der Waals surface area contributed by atoms with Gasteiger partial charge in [0.15, 0.2) is 0 Å². The van der Waals surface area contributed by atoms with Gasteiger partial charge in [0, 0.05) is 5.69 Å². The molecule has 2 aromatic rings. The van der Waals surface area contributed by atoms with Gasteiger partial charge < -0.3 is 10.1 Å². The van der Waals surface area contributed by atoms with Crippen LogP contribution in [0, 0.1) is 0 Å². The molecule has 7 nitrogen and oxygen atoms in total. The number of alkyl halides is 2. The standard InChI is InChI=1S/C17H21F2N5O2S/c1-11(15(25)20-12-7-9-14(10-8-12)26-16(18)19)27-17-21-22-23-24(17)13-5-3-2-4-6-13/h7-11,13,16H,2-6H2,1H3,(H,20,25)/t11-/m0/s1. The number of amides is 1. The Kier molecular flexibility index (Phi) is 6.59. The highest BCUT2D eigenvalue weighted by atomic mass is 32.2. The van der Waals surface area contributed by atoms with E-state index < -0.39 is 11.9 Å². The molecule has 10 heteroatoms. The van der Waals surface area contributed by atoms with Crippen molar-refractivity contribution < 1.29 is 18.3 Å². The van der Waals surface area contributed by atoms with Crippen molar-refractivity contribution in [1.29, 1.82) is 0 Å². The number of halogens is 2. The molecule has 1 heterocycles. The van der Waals surface area contributed by atoms with Crippen LogP contribution >= 0.6 is 11.8 Å². The number of nitrogens with zero attached hydrogens (tertiary/aromatic N) is 4. The minimum Gasteiger partial charge on any atom is -0.435 e. The van der Waals surface area contributed by atoms with Gasteiger partial charge in [0.25, 0.3) is 0 Å². The molecule has 0 saturated heterocycles. The number of carbonyl (C=O) groups is 1. The molecular formula is C17H21F2N5O2S. The van der Waals surface area contributed by atoms with E-state index in [0.717, 1.165) is 25.7 Å². The lowest BCUT2D eigenvalue weighted by Gasteiger charge is -2.22. The van der Waals surface area contributed by atoms with Gasteiger partial charge in [-0.05, 0) is 54.5 Å². The predicted molar refractivity (Wildman–Crippen MR) is 97.0 cm³/mol. The zero-order chi connectivity index (χ0) is 19.2. The summed E-state index contributed by atoms with van der Waals surface area (Å²) < 4.78 is 30.5. The van der Waals surface area contributed by atoms with Crippen LogP contribution in [0.2, 0.25) is 0 Å². The molecule has 1 N–H and O–H groups in total. The first-order chi connectivity index (χ1) is 13.0. The van der Waals surface area contributed by atoms with Crippen LogP contribution in [0.15, 0.2) is 29.4 Å². The first-order valence-corrected chi connectivity index (χ1v) is 9.71. The highest BCUT2D eigenvalue weighted by molar-refractivity contribution is 8.00. The number of anilines is 1. The molecule has 1 aromatic carbocycles. The maximum atomic E-state index is 12.4. The summed E-state index contributed by atoms with van der Waals surface area (Å²) in [4.78, 5) is 12.4. The highest BCUT2D eigenvalue weighted by Gasteiger charge is 2.23. The quantitative estimate of drug-likeness (QED) is 0.714. The number of ether oxygens (including phenoxy) is 1. The number of tetrazole rings is 1. The molecule has 146 valence electrons. The second-order valence-electron chi connectivity index (χ2n) is 6.35. The van der Waals surface area contributed by atoms with Crippen molar-refractivity contribution >= 4 is 23.4 Å². The third kappa shape index (κ3) is 5.38. The Morgan fingerprint density at radius 1 is 1.26 bits per heavy atom. The van der Waals surface area contributed by atoms with Crippen LogP contribution in [0.3, 0.4) is 0 Å². The molecule has 0 unspecified atom stereocenters. The molecule has 1 fully saturated rings. The van der Waals surface area contributed by atoms with E-state index in [1.54, 1.807) is 6.92 Å². The molecule has 1 aliphatic carbocycles. The van der Waals surface area contributed by atoms with E-state index in [4.69, 9.17) is 0 Å². The number of benzene rings is 1. The van der Waals surface area contributed by atoms with Crippen molar-refractivity contribution in [3.8, 4) is 5.75 Å². The summed E-state index contributed by atoms with van der Waals surface area (Å²) >= 11 is 1.30. The van der Waals surface area contributed by atoms with E-state index >= 15 is 0 Å². The number of carbonyl (C=O) groups excluding carboxylic acids is 1. The molecule has 1 amide bonds. The van der Waals surface area contributed by atoms with Gasteiger partial charge in [0.2, 0.25) is 11.1 Å². The summed E-state index contributed by atoms with van der Waals surface area (Å²) in [5.41, 5.74) is 0.501. The second kappa shape index (κ2) is 9.12. The van der Waals surface area contributed by atoms with E-state index in [9.17, 15) is 13.6 Å². The van der Waals surface area contributed by atoms with E-state index in [1.807, 2.05) is 4.68 Å². The summed E-state index contributed by atoms with van der Waals surface area (Å²) in [6, 6.07) is 6.07. The van der Waals surface area contributed by atoms with Gasteiger partial charge in [-0.2, -0.15) is 8.78 Å². The van der Waals surface area contributed by atoms with E-state index in [1.165, 1.54) is 42.4 Å². The Hall–Kier alpha value is -2.23. The van der Waals surface area contributed by atoms with Crippen LogP contribution in [0.1, 0.15) is 45.1 Å². The van der Waals surface area contributed by atoms with E-state index in [2.05, 4.69) is 25.6 Å². The minimum atomic E-state index is -2.88. The van der Waals surface area contributed by atoms with Gasteiger partial charge in [0.05, 0.1) is 11.3 Å². The fraction of sp³-hybridized carbons (Fsp3) is 0.529. The Labute approximate surface area is 159 Å². The molecule has 1 aliphatic rings. The number of thioether (sulfide) groups is 1. The lowest BCUT2D eigenvalue weighted by atomic mass is 9.96. The van der Waals surface area contributed by atoms with Gasteiger partial charge in [-0.3, -0.25) is 4.79 Å². The second-order valence-corrected chi connectivity index (χ2v) is 7.66. The predicted octanol–water partition coefficient (Wildman–Crippen LogP) is 3.90. The van der Waals surface area contributed by atoms with Crippen molar-refractivity contribution in [2.75, 3.05) is 5.32 Å². The smallest absolute Gasteiger partial charge is 0.387 e. The van der Waals surface area contributed by atoms with Crippen molar-refractivity contribution in [2.24, 2.45) is 0 Å². The monoisotopic (exact) mass is 397 g/mol. The lowest BCUT2D eigenvalue weighted by molar-refractivity contribution is -0.115. The fourth-order valence-corrected chi connectivity index (χ4v) is 3.85. The SMILES string of the molecule is C[C@H](Sc1nnnn1C1CCCCC1)C(=O)Nc1ccc(OC(F)F)cc1. The minimum absolute atomic E-state index is 0.0390. The number of hydrogen-bond donors (Lipinski definition) is 1. The molecule has 3 rings (SSSR count). The summed E-state index contributed by atoms with van der Waals surface area (Å²) in [5.74, 6) is -0.183. The van der Waals surface area contributed by atoms with Crippen molar-refractivity contribution in [3.05, 3.63) is 24.3 Å². The highest BCUT2D eigenvalue weighted by Crippen LogP contribution is 2.31. The number of rotatable bonds is 7. The van der Waals surface area contributed by atoms with Crippen LogP contribution < -0.4 is 10.1 Å². The third-order valence-corrected chi connectivity index (χ3v) is 5.43. The summed E-state index contributed by atoms with van der Waals surface area (Å²) in [5, 5.41) is 14.9. The molecule has 0 bridgehead atoms. The lowest BCUT2D eigenvalue weighted by Crippen LogP contribution is -2.23. The zero-order valence-corrected chi connectivity index (χ0v) is 15.7. The fourth-order valence-electron chi connectivity index (χ4n) is 2.99. The maximum absolute atomic E-state index is 12.4. The van der Waals surface area contributed by atoms with Crippen LogP contribution in [0.5, 0.6) is 5.75 Å². The zero-order valence-electron chi connectivity index (χ0n) is 14.8. The van der Waals surface area contributed by atoms with Crippen LogP contribution in [0.4, 0.5) is 14.5 Å². The summed E-state index contributed by atoms with van der Waals surface area (Å²) in [7, 11) is 0.